The first-order valence-corrected chi connectivity index (χ1v) is 10.4. The van der Waals surface area contributed by atoms with Gasteiger partial charge in [0, 0.05) is 13.0 Å². The van der Waals surface area contributed by atoms with Crippen LogP contribution in [-0.2, 0) is 21.1 Å². The number of hydrogen-bond acceptors (Lipinski definition) is 4. The lowest BCUT2D eigenvalue weighted by molar-refractivity contribution is -0.134. The summed E-state index contributed by atoms with van der Waals surface area (Å²) in [7, 11) is -1.20. The minimum absolute atomic E-state index is 0.0551. The normalized spacial score (nSPS) is 25.3. The van der Waals surface area contributed by atoms with Crippen LogP contribution in [0.4, 0.5) is 0 Å². The largest absolute Gasteiger partial charge is 0.497 e. The highest BCUT2D eigenvalue weighted by Crippen LogP contribution is 2.33. The van der Waals surface area contributed by atoms with E-state index in [2.05, 4.69) is 13.0 Å². The van der Waals surface area contributed by atoms with Crippen LogP contribution in [0.15, 0.2) is 18.2 Å². The molecule has 0 saturated carbocycles. The number of nitrogens with zero attached hydrogens (tertiary/aromatic N) is 1. The summed E-state index contributed by atoms with van der Waals surface area (Å²) in [6.45, 7) is 2.77. The van der Waals surface area contributed by atoms with E-state index in [1.165, 1.54) is 11.1 Å². The summed E-state index contributed by atoms with van der Waals surface area (Å²) in [5, 5.41) is 0. The van der Waals surface area contributed by atoms with Gasteiger partial charge in [0.1, 0.15) is 5.75 Å². The van der Waals surface area contributed by atoms with E-state index in [-0.39, 0.29) is 29.4 Å². The van der Waals surface area contributed by atoms with Gasteiger partial charge in [-0.1, -0.05) is 6.07 Å². The van der Waals surface area contributed by atoms with Crippen LogP contribution in [0.25, 0.3) is 0 Å². The second-order valence-electron chi connectivity index (χ2n) is 6.89. The van der Waals surface area contributed by atoms with E-state index < -0.39 is 9.84 Å². The summed E-state index contributed by atoms with van der Waals surface area (Å²) in [5.74, 6) is 1.66. The second-order valence-corrected chi connectivity index (χ2v) is 9.11. The summed E-state index contributed by atoms with van der Waals surface area (Å²) in [5.41, 5.74) is 2.42. The van der Waals surface area contributed by atoms with Crippen LogP contribution in [0.2, 0.25) is 0 Å². The van der Waals surface area contributed by atoms with Crippen molar-refractivity contribution in [3.05, 3.63) is 29.3 Å². The number of ether oxygens (including phenoxy) is 1. The maximum atomic E-state index is 12.6. The molecule has 132 valence electrons. The highest BCUT2D eigenvalue weighted by atomic mass is 32.2. The Balaban J connectivity index is 1.62. The lowest BCUT2D eigenvalue weighted by Crippen LogP contribution is -2.38. The molecule has 1 fully saturated rings. The van der Waals surface area contributed by atoms with Crippen molar-refractivity contribution < 1.29 is 17.9 Å². The molecule has 1 aromatic carbocycles. The fraction of sp³-hybridized carbons (Fsp3) is 0.611. The molecule has 0 spiro atoms. The number of benzene rings is 1. The molecule has 2 aliphatic rings. The van der Waals surface area contributed by atoms with Crippen molar-refractivity contribution in [2.75, 3.05) is 25.2 Å². The second kappa shape index (κ2) is 6.75. The van der Waals surface area contributed by atoms with Crippen LogP contribution < -0.4 is 4.74 Å². The third-order valence-electron chi connectivity index (χ3n) is 5.30. The Morgan fingerprint density at radius 1 is 1.38 bits per heavy atom. The number of carbonyl (C=O) groups excluding carboxylic acids is 1. The lowest BCUT2D eigenvalue weighted by atomic mass is 9.92. The average Bonchev–Trinajstić information content (AvgIpc) is 2.91. The molecule has 5 nitrogen and oxygen atoms in total. The van der Waals surface area contributed by atoms with Crippen LogP contribution in [-0.4, -0.2) is 44.4 Å². The Labute approximate surface area is 143 Å². The number of sulfone groups is 1. The van der Waals surface area contributed by atoms with Crippen molar-refractivity contribution in [1.29, 1.82) is 0 Å². The monoisotopic (exact) mass is 351 g/mol. The molecule has 0 aromatic heterocycles. The third-order valence-corrected chi connectivity index (χ3v) is 7.14. The van der Waals surface area contributed by atoms with Gasteiger partial charge in [0.05, 0.1) is 24.7 Å². The summed E-state index contributed by atoms with van der Waals surface area (Å²) >= 11 is 0. The summed E-state index contributed by atoms with van der Waals surface area (Å²) in [6, 6.07) is 6.09. The van der Waals surface area contributed by atoms with Crippen molar-refractivity contribution >= 4 is 15.7 Å². The van der Waals surface area contributed by atoms with Gasteiger partial charge in [0.15, 0.2) is 9.84 Å². The van der Waals surface area contributed by atoms with Gasteiger partial charge < -0.3 is 9.64 Å². The van der Waals surface area contributed by atoms with E-state index in [0.29, 0.717) is 25.8 Å². The number of methoxy groups -OCH3 is 1. The predicted octanol–water partition coefficient (Wildman–Crippen LogP) is 2.36. The van der Waals surface area contributed by atoms with Crippen LogP contribution in [0.1, 0.15) is 43.4 Å². The topological polar surface area (TPSA) is 63.7 Å². The number of fused-ring (bicyclic) bond motifs is 1. The van der Waals surface area contributed by atoms with Crippen LogP contribution in [0.3, 0.4) is 0 Å². The summed E-state index contributed by atoms with van der Waals surface area (Å²) < 4.78 is 28.3. The average molecular weight is 351 g/mol. The molecule has 0 bridgehead atoms. The first-order valence-electron chi connectivity index (χ1n) is 8.56. The molecule has 2 atom stereocenters. The molecule has 2 heterocycles. The fourth-order valence-corrected chi connectivity index (χ4v) is 5.76. The molecule has 0 N–H and O–H groups in total. The lowest BCUT2D eigenvalue weighted by Gasteiger charge is -2.35. The highest BCUT2D eigenvalue weighted by molar-refractivity contribution is 7.91. The summed E-state index contributed by atoms with van der Waals surface area (Å²) in [4.78, 5) is 14.5. The van der Waals surface area contributed by atoms with E-state index in [1.807, 2.05) is 17.0 Å². The van der Waals surface area contributed by atoms with E-state index in [0.717, 1.165) is 12.2 Å². The maximum Gasteiger partial charge on any atom is 0.223 e. The van der Waals surface area contributed by atoms with Gasteiger partial charge in [-0.3, -0.25) is 4.79 Å². The highest BCUT2D eigenvalue weighted by Gasteiger charge is 2.31. The van der Waals surface area contributed by atoms with Gasteiger partial charge in [0.25, 0.3) is 0 Å². The molecule has 1 aromatic rings. The smallest absolute Gasteiger partial charge is 0.223 e. The van der Waals surface area contributed by atoms with E-state index in [4.69, 9.17) is 4.74 Å². The molecular weight excluding hydrogens is 326 g/mol. The Hall–Kier alpha value is -1.56. The number of amides is 1. The number of hydrogen-bond donors (Lipinski definition) is 0. The molecule has 0 radical (unpaired) electrons. The van der Waals surface area contributed by atoms with Gasteiger partial charge in [-0.05, 0) is 55.4 Å². The van der Waals surface area contributed by atoms with Crippen molar-refractivity contribution in [1.82, 2.24) is 4.90 Å². The number of rotatable bonds is 4. The molecular formula is C18H25NO4S. The van der Waals surface area contributed by atoms with Gasteiger partial charge in [-0.2, -0.15) is 0 Å². The molecule has 0 aliphatic carbocycles. The molecule has 2 unspecified atom stereocenters. The molecule has 6 heteroatoms. The van der Waals surface area contributed by atoms with Crippen LogP contribution >= 0.6 is 0 Å². The molecule has 1 amide bonds. The molecule has 1 saturated heterocycles. The predicted molar refractivity (Wildman–Crippen MR) is 92.8 cm³/mol. The zero-order valence-electron chi connectivity index (χ0n) is 14.3. The Kier molecular flexibility index (Phi) is 4.85. The van der Waals surface area contributed by atoms with Gasteiger partial charge in [-0.15, -0.1) is 0 Å². The van der Waals surface area contributed by atoms with Gasteiger partial charge in [-0.25, -0.2) is 8.42 Å². The Morgan fingerprint density at radius 2 is 2.17 bits per heavy atom. The van der Waals surface area contributed by atoms with Crippen LogP contribution in [0.5, 0.6) is 5.75 Å². The minimum Gasteiger partial charge on any atom is -0.497 e. The zero-order chi connectivity index (χ0) is 17.3. The first-order chi connectivity index (χ1) is 11.4. The maximum absolute atomic E-state index is 12.6. The van der Waals surface area contributed by atoms with Crippen molar-refractivity contribution in [3.8, 4) is 5.75 Å². The molecule has 24 heavy (non-hydrogen) atoms. The third kappa shape index (κ3) is 3.58. The van der Waals surface area contributed by atoms with Gasteiger partial charge >= 0.3 is 0 Å². The number of carbonyl (C=O) groups is 1. The zero-order valence-corrected chi connectivity index (χ0v) is 15.1. The standard InChI is InChI=1S/C18H25NO4S/c1-13-17-5-4-16(23-2)11-15(17)7-9-19(13)18(20)6-3-14-8-10-24(21,22)12-14/h4-5,11,13-14H,3,6-10,12H2,1-2H3. The van der Waals surface area contributed by atoms with Crippen molar-refractivity contribution in [2.24, 2.45) is 5.92 Å². The first kappa shape index (κ1) is 17.3. The Morgan fingerprint density at radius 3 is 2.83 bits per heavy atom. The van der Waals surface area contributed by atoms with E-state index in [1.54, 1.807) is 7.11 Å². The van der Waals surface area contributed by atoms with Gasteiger partial charge in [0.2, 0.25) is 5.91 Å². The van der Waals surface area contributed by atoms with E-state index in [9.17, 15) is 13.2 Å². The molecule has 3 rings (SSSR count). The van der Waals surface area contributed by atoms with Crippen molar-refractivity contribution in [2.45, 2.75) is 38.6 Å². The van der Waals surface area contributed by atoms with E-state index >= 15 is 0 Å². The molecule has 2 aliphatic heterocycles. The fourth-order valence-electron chi connectivity index (χ4n) is 3.85. The minimum atomic E-state index is -2.86. The van der Waals surface area contributed by atoms with Crippen LogP contribution in [0, 0.1) is 5.92 Å². The Bertz CT molecular complexity index is 729. The SMILES string of the molecule is COc1ccc2c(c1)CCN(C(=O)CCC1CCS(=O)(=O)C1)C2C. The van der Waals surface area contributed by atoms with Crippen molar-refractivity contribution in [3.63, 3.8) is 0 Å². The summed E-state index contributed by atoms with van der Waals surface area (Å²) in [6.07, 6.45) is 2.65. The quantitative estimate of drug-likeness (QED) is 0.835.